The van der Waals surface area contributed by atoms with Crippen molar-refractivity contribution in [2.45, 2.75) is 31.1 Å². The van der Waals surface area contributed by atoms with E-state index in [0.717, 1.165) is 24.5 Å². The monoisotopic (exact) mass is 460 g/mol. The summed E-state index contributed by atoms with van der Waals surface area (Å²) in [6.07, 6.45) is 4.71. The number of thioether (sulfide) groups is 1. The number of nitrogens with zero attached hydrogens (tertiary/aromatic N) is 2. The first-order valence-corrected chi connectivity index (χ1v) is 10.5. The summed E-state index contributed by atoms with van der Waals surface area (Å²) in [5.41, 5.74) is 4.42. The zero-order valence-electron chi connectivity index (χ0n) is 15.0. The van der Waals surface area contributed by atoms with Crippen LogP contribution in [0.1, 0.15) is 30.4 Å². The van der Waals surface area contributed by atoms with E-state index in [0.29, 0.717) is 0 Å². The van der Waals surface area contributed by atoms with Gasteiger partial charge < -0.3 is 4.90 Å². The van der Waals surface area contributed by atoms with E-state index in [1.165, 1.54) is 46.2 Å². The van der Waals surface area contributed by atoms with E-state index in [-0.39, 0.29) is 22.4 Å². The third kappa shape index (κ3) is 3.26. The maximum Gasteiger partial charge on any atom is 0.168 e. The van der Waals surface area contributed by atoms with Gasteiger partial charge in [-0.15, -0.1) is 17.0 Å². The van der Waals surface area contributed by atoms with Gasteiger partial charge >= 0.3 is 0 Å². The molecule has 2 heterocycles. The van der Waals surface area contributed by atoms with Gasteiger partial charge in [-0.25, -0.2) is 0 Å². The molecule has 3 aliphatic rings. The van der Waals surface area contributed by atoms with Crippen LogP contribution < -0.4 is 0 Å². The van der Waals surface area contributed by atoms with Crippen LogP contribution in [0.2, 0.25) is 5.02 Å². The third-order valence-corrected chi connectivity index (χ3v) is 7.18. The molecule has 0 N–H and O–H groups in total. The molecule has 1 fully saturated rings. The molecule has 27 heavy (non-hydrogen) atoms. The van der Waals surface area contributed by atoms with Crippen LogP contribution in [0.15, 0.2) is 70.2 Å². The summed E-state index contributed by atoms with van der Waals surface area (Å²) in [5, 5.41) is 2.01. The molecule has 0 saturated heterocycles. The normalized spacial score (nSPS) is 20.0. The van der Waals surface area contributed by atoms with Crippen LogP contribution in [-0.2, 0) is 11.8 Å². The van der Waals surface area contributed by atoms with Crippen LogP contribution in [-0.4, -0.2) is 23.2 Å². The number of hydrogen-bond acceptors (Lipinski definition) is 3. The molecule has 2 aromatic carbocycles. The van der Waals surface area contributed by atoms with Crippen molar-refractivity contribution in [3.05, 3.63) is 81.3 Å². The topological polar surface area (TPSA) is 15.6 Å². The van der Waals surface area contributed by atoms with Crippen LogP contribution in [0.3, 0.4) is 0 Å². The number of fused-ring (bicyclic) bond motifs is 1. The molecule has 0 spiro atoms. The summed E-state index contributed by atoms with van der Waals surface area (Å²) in [6.45, 7) is 1.94. The molecule has 5 rings (SSSR count). The first kappa shape index (κ1) is 19.1. The first-order chi connectivity index (χ1) is 12.8. The third-order valence-electron chi connectivity index (χ3n) is 5.81. The van der Waals surface area contributed by atoms with Crippen molar-refractivity contribution in [3.8, 4) is 0 Å². The smallest absolute Gasteiger partial charge is 0.168 e. The molecule has 0 amide bonds. The number of hydrogen-bond donors (Lipinski definition) is 0. The second kappa shape index (κ2) is 7.65. The minimum Gasteiger partial charge on any atom is -0.321 e. The number of allylic oxidation sites excluding steroid dienone is 2. The van der Waals surface area contributed by atoms with Gasteiger partial charge in [0.1, 0.15) is 0 Å². The van der Waals surface area contributed by atoms with Crippen LogP contribution in [0.4, 0.5) is 0 Å². The summed E-state index contributed by atoms with van der Waals surface area (Å²) in [5.74, 6) is 0. The largest absolute Gasteiger partial charge is 0.321 e. The highest BCUT2D eigenvalue weighted by Crippen LogP contribution is 2.56. The summed E-state index contributed by atoms with van der Waals surface area (Å²) in [4.78, 5) is 8.74. The lowest BCUT2D eigenvalue weighted by Crippen LogP contribution is -2.43. The highest BCUT2D eigenvalue weighted by molar-refractivity contribution is 8.93. The van der Waals surface area contributed by atoms with E-state index in [9.17, 15) is 0 Å². The summed E-state index contributed by atoms with van der Waals surface area (Å²) < 4.78 is 0. The minimum atomic E-state index is 0. The van der Waals surface area contributed by atoms with Gasteiger partial charge in [0.15, 0.2) is 5.17 Å². The molecule has 1 saturated carbocycles. The molecular formula is C22H22BrClN2S. The quantitative estimate of drug-likeness (QED) is 0.537. The van der Waals surface area contributed by atoms with E-state index in [1.807, 2.05) is 23.9 Å². The standard InChI is InChI=1S/C22H21ClN2S.BrH/c23-18-9-7-17(8-10-18)22(11-4-12-22)20-19(15-16-5-2-1-3-6-16)26-21-24-13-14-25(20)21;/h1-3,5-10H,4,11-15H2;1H. The Morgan fingerprint density at radius 3 is 2.44 bits per heavy atom. The molecule has 2 aliphatic heterocycles. The molecule has 2 aromatic rings. The number of amidine groups is 1. The summed E-state index contributed by atoms with van der Waals surface area (Å²) >= 11 is 8.05. The highest BCUT2D eigenvalue weighted by atomic mass is 79.9. The predicted octanol–water partition coefficient (Wildman–Crippen LogP) is 6.21. The summed E-state index contributed by atoms with van der Waals surface area (Å²) in [7, 11) is 0. The fourth-order valence-electron chi connectivity index (χ4n) is 4.42. The Balaban J connectivity index is 0.00000180. The number of aliphatic imine (C=N–C) groups is 1. The number of halogens is 2. The van der Waals surface area contributed by atoms with Crippen LogP contribution >= 0.6 is 40.3 Å². The fraction of sp³-hybridized carbons (Fsp3) is 0.318. The second-order valence-electron chi connectivity index (χ2n) is 7.29. The lowest BCUT2D eigenvalue weighted by atomic mass is 9.61. The minimum absolute atomic E-state index is 0. The Hall–Kier alpha value is -1.23. The zero-order chi connectivity index (χ0) is 17.6. The van der Waals surface area contributed by atoms with Crippen molar-refractivity contribution in [2.24, 2.45) is 4.99 Å². The van der Waals surface area contributed by atoms with Crippen LogP contribution in [0, 0.1) is 0 Å². The van der Waals surface area contributed by atoms with Crippen molar-refractivity contribution in [1.29, 1.82) is 0 Å². The SMILES string of the molecule is Br.Clc1ccc(C2(C3=C(Cc4ccccc4)SC4=NCCN43)CCC2)cc1. The van der Waals surface area contributed by atoms with Crippen molar-refractivity contribution >= 4 is 45.5 Å². The molecule has 0 atom stereocenters. The van der Waals surface area contributed by atoms with Gasteiger partial charge in [-0.1, -0.05) is 72.2 Å². The Kier molecular flexibility index (Phi) is 5.41. The van der Waals surface area contributed by atoms with E-state index < -0.39 is 0 Å². The van der Waals surface area contributed by atoms with Gasteiger partial charge in [-0.3, -0.25) is 4.99 Å². The molecule has 0 unspecified atom stereocenters. The Bertz CT molecular complexity index is 888. The zero-order valence-corrected chi connectivity index (χ0v) is 18.3. The van der Waals surface area contributed by atoms with Gasteiger partial charge in [0, 0.05) is 34.0 Å². The van der Waals surface area contributed by atoms with Crippen LogP contribution in [0.25, 0.3) is 0 Å². The summed E-state index contributed by atoms with van der Waals surface area (Å²) in [6, 6.07) is 19.3. The van der Waals surface area contributed by atoms with Crippen molar-refractivity contribution in [3.63, 3.8) is 0 Å². The Labute approximate surface area is 180 Å². The van der Waals surface area contributed by atoms with Gasteiger partial charge in [-0.05, 0) is 36.1 Å². The predicted molar refractivity (Wildman–Crippen MR) is 121 cm³/mol. The fourth-order valence-corrected chi connectivity index (χ4v) is 5.85. The average molecular weight is 462 g/mol. The van der Waals surface area contributed by atoms with Gasteiger partial charge in [0.05, 0.1) is 6.54 Å². The molecule has 0 bridgehead atoms. The maximum absolute atomic E-state index is 6.16. The average Bonchev–Trinajstić information content (AvgIpc) is 3.19. The Morgan fingerprint density at radius 1 is 1.04 bits per heavy atom. The van der Waals surface area contributed by atoms with Gasteiger partial charge in [-0.2, -0.15) is 0 Å². The van der Waals surface area contributed by atoms with E-state index >= 15 is 0 Å². The first-order valence-electron chi connectivity index (χ1n) is 9.30. The van der Waals surface area contributed by atoms with E-state index in [4.69, 9.17) is 16.6 Å². The van der Waals surface area contributed by atoms with Crippen molar-refractivity contribution in [1.82, 2.24) is 4.90 Å². The number of benzene rings is 2. The molecule has 140 valence electrons. The molecule has 2 nitrogen and oxygen atoms in total. The molecule has 5 heteroatoms. The van der Waals surface area contributed by atoms with E-state index in [1.54, 1.807) is 0 Å². The lowest BCUT2D eigenvalue weighted by Gasteiger charge is -2.46. The Morgan fingerprint density at radius 2 is 1.78 bits per heavy atom. The molecular weight excluding hydrogens is 440 g/mol. The molecule has 1 aliphatic carbocycles. The van der Waals surface area contributed by atoms with Crippen molar-refractivity contribution in [2.75, 3.05) is 13.1 Å². The lowest BCUT2D eigenvalue weighted by molar-refractivity contribution is 0.250. The highest BCUT2D eigenvalue weighted by Gasteiger charge is 2.49. The number of rotatable bonds is 4. The van der Waals surface area contributed by atoms with Gasteiger partial charge in [0.25, 0.3) is 0 Å². The van der Waals surface area contributed by atoms with Gasteiger partial charge in [0.2, 0.25) is 0 Å². The van der Waals surface area contributed by atoms with Crippen molar-refractivity contribution < 1.29 is 0 Å². The van der Waals surface area contributed by atoms with Crippen LogP contribution in [0.5, 0.6) is 0 Å². The molecule has 0 aromatic heterocycles. The molecule has 0 radical (unpaired) electrons. The second-order valence-corrected chi connectivity index (χ2v) is 8.79. The van der Waals surface area contributed by atoms with E-state index in [2.05, 4.69) is 47.4 Å². The maximum atomic E-state index is 6.16.